The lowest BCUT2D eigenvalue weighted by Crippen LogP contribution is -1.99. The Hall–Kier alpha value is -2.76. The first-order chi connectivity index (χ1) is 10.2. The number of rotatable bonds is 4. The topological polar surface area (TPSA) is 50.8 Å². The number of hydrogen-bond donors (Lipinski definition) is 1. The van der Waals surface area contributed by atoms with Gasteiger partial charge in [-0.25, -0.2) is 14.4 Å². The smallest absolute Gasteiger partial charge is 0.217 e. The first-order valence-corrected chi connectivity index (χ1v) is 6.25. The molecule has 2 heterocycles. The molecule has 1 N–H and O–H groups in total. The second-order valence-electron chi connectivity index (χ2n) is 4.34. The molecular weight excluding hydrogens is 276 g/mol. The molecule has 0 saturated carbocycles. The van der Waals surface area contributed by atoms with Gasteiger partial charge in [-0.1, -0.05) is 0 Å². The van der Waals surface area contributed by atoms with Crippen molar-refractivity contribution in [3.8, 4) is 17.0 Å². The largest absolute Gasteiger partial charge is 0.485 e. The van der Waals surface area contributed by atoms with Gasteiger partial charge in [0.2, 0.25) is 5.95 Å². The SMILES string of the molecule is Fc1ccc(-c2cc(OCc3ncc[nH]3)cc(F)n2)cc1. The van der Waals surface area contributed by atoms with Crippen molar-refractivity contribution in [2.24, 2.45) is 0 Å². The van der Waals surface area contributed by atoms with E-state index in [-0.39, 0.29) is 12.4 Å². The summed E-state index contributed by atoms with van der Waals surface area (Å²) in [6, 6.07) is 8.45. The second kappa shape index (κ2) is 5.70. The summed E-state index contributed by atoms with van der Waals surface area (Å²) >= 11 is 0. The van der Waals surface area contributed by atoms with Crippen molar-refractivity contribution in [1.82, 2.24) is 15.0 Å². The average molecular weight is 287 g/mol. The van der Waals surface area contributed by atoms with E-state index in [1.807, 2.05) is 0 Å². The van der Waals surface area contributed by atoms with Crippen LogP contribution in [0.3, 0.4) is 0 Å². The Morgan fingerprint density at radius 3 is 2.62 bits per heavy atom. The van der Waals surface area contributed by atoms with Crippen molar-refractivity contribution in [2.45, 2.75) is 6.61 Å². The number of imidazole rings is 1. The summed E-state index contributed by atoms with van der Waals surface area (Å²) < 4.78 is 31.9. The van der Waals surface area contributed by atoms with Gasteiger partial charge in [-0.15, -0.1) is 0 Å². The molecule has 21 heavy (non-hydrogen) atoms. The molecule has 2 aromatic heterocycles. The van der Waals surface area contributed by atoms with Crippen molar-refractivity contribution >= 4 is 0 Å². The zero-order valence-corrected chi connectivity index (χ0v) is 10.9. The van der Waals surface area contributed by atoms with Gasteiger partial charge in [-0.05, 0) is 24.3 Å². The van der Waals surface area contributed by atoms with Crippen molar-refractivity contribution in [1.29, 1.82) is 0 Å². The number of aromatic amines is 1. The van der Waals surface area contributed by atoms with Gasteiger partial charge in [0.1, 0.15) is 24.0 Å². The van der Waals surface area contributed by atoms with Gasteiger partial charge in [-0.3, -0.25) is 0 Å². The molecule has 0 amide bonds. The van der Waals surface area contributed by atoms with Crippen molar-refractivity contribution in [3.05, 3.63) is 66.4 Å². The molecule has 106 valence electrons. The molecule has 0 unspecified atom stereocenters. The maximum Gasteiger partial charge on any atom is 0.217 e. The Morgan fingerprint density at radius 1 is 1.10 bits per heavy atom. The molecule has 0 aliphatic rings. The minimum Gasteiger partial charge on any atom is -0.485 e. The highest BCUT2D eigenvalue weighted by Crippen LogP contribution is 2.23. The minimum atomic E-state index is -0.661. The molecule has 0 fully saturated rings. The van der Waals surface area contributed by atoms with Crippen LogP contribution in [0.15, 0.2) is 48.8 Å². The van der Waals surface area contributed by atoms with Crippen LogP contribution in [0.1, 0.15) is 5.82 Å². The van der Waals surface area contributed by atoms with E-state index in [4.69, 9.17) is 4.74 Å². The van der Waals surface area contributed by atoms with Gasteiger partial charge in [-0.2, -0.15) is 4.39 Å². The van der Waals surface area contributed by atoms with Gasteiger partial charge in [0.05, 0.1) is 5.69 Å². The molecule has 3 rings (SSSR count). The Balaban J connectivity index is 1.83. The summed E-state index contributed by atoms with van der Waals surface area (Å²) in [6.45, 7) is 0.194. The highest BCUT2D eigenvalue weighted by atomic mass is 19.1. The lowest BCUT2D eigenvalue weighted by molar-refractivity contribution is 0.295. The molecule has 3 aromatic rings. The number of benzene rings is 1. The standard InChI is InChI=1S/C15H11F2N3O/c16-11-3-1-10(2-4-11)13-7-12(8-14(17)20-13)21-9-15-18-5-6-19-15/h1-8H,9H2,(H,18,19). The minimum absolute atomic E-state index is 0.194. The van der Waals surface area contributed by atoms with Crippen LogP contribution >= 0.6 is 0 Å². The quantitative estimate of drug-likeness (QED) is 0.749. The van der Waals surface area contributed by atoms with Crippen molar-refractivity contribution in [2.75, 3.05) is 0 Å². The number of H-pyrrole nitrogens is 1. The Kier molecular flexibility index (Phi) is 3.59. The van der Waals surface area contributed by atoms with Crippen molar-refractivity contribution < 1.29 is 13.5 Å². The monoisotopic (exact) mass is 287 g/mol. The van der Waals surface area contributed by atoms with Gasteiger partial charge >= 0.3 is 0 Å². The number of ether oxygens (including phenoxy) is 1. The zero-order chi connectivity index (χ0) is 14.7. The summed E-state index contributed by atoms with van der Waals surface area (Å²) in [4.78, 5) is 10.7. The lowest BCUT2D eigenvalue weighted by Gasteiger charge is -2.07. The molecule has 6 heteroatoms. The van der Waals surface area contributed by atoms with Crippen LogP contribution in [0.4, 0.5) is 8.78 Å². The van der Waals surface area contributed by atoms with Gasteiger partial charge in [0.15, 0.2) is 0 Å². The zero-order valence-electron chi connectivity index (χ0n) is 10.9. The molecular formula is C15H11F2N3O. The number of nitrogens with zero attached hydrogens (tertiary/aromatic N) is 2. The predicted octanol–water partition coefficient (Wildman–Crippen LogP) is 3.33. The molecule has 0 radical (unpaired) electrons. The summed E-state index contributed by atoms with van der Waals surface area (Å²) in [5.74, 6) is -0.0514. The van der Waals surface area contributed by atoms with E-state index in [1.54, 1.807) is 18.5 Å². The van der Waals surface area contributed by atoms with E-state index >= 15 is 0 Å². The number of nitrogens with one attached hydrogen (secondary N) is 1. The maximum atomic E-state index is 13.6. The first kappa shape index (κ1) is 13.2. The third-order valence-electron chi connectivity index (χ3n) is 2.84. The van der Waals surface area contributed by atoms with Crippen LogP contribution in [-0.4, -0.2) is 15.0 Å². The van der Waals surface area contributed by atoms with Gasteiger partial charge in [0, 0.05) is 30.1 Å². The summed E-state index contributed by atoms with van der Waals surface area (Å²) in [5.41, 5.74) is 0.989. The molecule has 4 nitrogen and oxygen atoms in total. The highest BCUT2D eigenvalue weighted by molar-refractivity contribution is 5.60. The van der Waals surface area contributed by atoms with Crippen LogP contribution in [0, 0.1) is 11.8 Å². The fraction of sp³-hybridized carbons (Fsp3) is 0.0667. The Labute approximate surface area is 119 Å². The van der Waals surface area contributed by atoms with Crippen LogP contribution in [0.2, 0.25) is 0 Å². The fourth-order valence-corrected chi connectivity index (χ4v) is 1.85. The second-order valence-corrected chi connectivity index (χ2v) is 4.34. The van der Waals surface area contributed by atoms with Crippen LogP contribution in [0.5, 0.6) is 5.75 Å². The molecule has 1 aromatic carbocycles. The predicted molar refractivity (Wildman–Crippen MR) is 72.5 cm³/mol. The third kappa shape index (κ3) is 3.22. The molecule has 0 bridgehead atoms. The Morgan fingerprint density at radius 2 is 1.90 bits per heavy atom. The molecule has 0 saturated heterocycles. The van der Waals surface area contributed by atoms with Gasteiger partial charge in [0.25, 0.3) is 0 Å². The lowest BCUT2D eigenvalue weighted by atomic mass is 10.1. The maximum absolute atomic E-state index is 13.6. The van der Waals surface area contributed by atoms with Crippen molar-refractivity contribution in [3.63, 3.8) is 0 Å². The van der Waals surface area contributed by atoms with E-state index in [9.17, 15) is 8.78 Å². The summed E-state index contributed by atoms with van der Waals surface area (Å²) in [5, 5.41) is 0. The van der Waals surface area contributed by atoms with E-state index in [1.165, 1.54) is 30.3 Å². The van der Waals surface area contributed by atoms with Gasteiger partial charge < -0.3 is 9.72 Å². The fourth-order valence-electron chi connectivity index (χ4n) is 1.85. The summed E-state index contributed by atoms with van der Waals surface area (Å²) in [6.07, 6.45) is 3.28. The van der Waals surface area contributed by atoms with Crippen LogP contribution in [0.25, 0.3) is 11.3 Å². The normalized spacial score (nSPS) is 10.6. The molecule has 0 atom stereocenters. The van der Waals surface area contributed by atoms with E-state index in [2.05, 4.69) is 15.0 Å². The third-order valence-corrected chi connectivity index (χ3v) is 2.84. The van der Waals surface area contributed by atoms with E-state index in [0.29, 0.717) is 22.8 Å². The number of aromatic nitrogens is 3. The van der Waals surface area contributed by atoms with E-state index in [0.717, 1.165) is 0 Å². The Bertz CT molecular complexity index is 727. The number of pyridine rings is 1. The number of hydrogen-bond acceptors (Lipinski definition) is 3. The van der Waals surface area contributed by atoms with Crippen LogP contribution in [-0.2, 0) is 6.61 Å². The van der Waals surface area contributed by atoms with Crippen LogP contribution < -0.4 is 4.74 Å². The molecule has 0 aliphatic carbocycles. The average Bonchev–Trinajstić information content (AvgIpc) is 2.99. The van der Waals surface area contributed by atoms with E-state index < -0.39 is 5.95 Å². The first-order valence-electron chi connectivity index (χ1n) is 6.25. The molecule has 0 spiro atoms. The molecule has 0 aliphatic heterocycles. The summed E-state index contributed by atoms with van der Waals surface area (Å²) in [7, 11) is 0. The number of halogens is 2. The highest BCUT2D eigenvalue weighted by Gasteiger charge is 2.07.